The van der Waals surface area contributed by atoms with Crippen molar-refractivity contribution in [2.24, 2.45) is 0 Å². The van der Waals surface area contributed by atoms with Crippen molar-refractivity contribution >= 4 is 11.6 Å². The van der Waals surface area contributed by atoms with Crippen LogP contribution in [0.2, 0.25) is 0 Å². The zero-order chi connectivity index (χ0) is 14.8. The van der Waals surface area contributed by atoms with Crippen molar-refractivity contribution in [3.05, 3.63) is 54.0 Å². The molecule has 7 nitrogen and oxygen atoms in total. The molecule has 0 amide bonds. The van der Waals surface area contributed by atoms with E-state index < -0.39 is 5.97 Å². The fourth-order valence-electron chi connectivity index (χ4n) is 1.95. The summed E-state index contributed by atoms with van der Waals surface area (Å²) in [6.45, 7) is 0.105. The largest absolute Gasteiger partial charge is 0.508 e. The second kappa shape index (κ2) is 5.12. The van der Waals surface area contributed by atoms with E-state index in [9.17, 15) is 9.90 Å². The van der Waals surface area contributed by atoms with Crippen LogP contribution in [0.25, 0.3) is 5.65 Å². The lowest BCUT2D eigenvalue weighted by Crippen LogP contribution is -2.04. The van der Waals surface area contributed by atoms with Gasteiger partial charge in [0.05, 0.1) is 0 Å². The van der Waals surface area contributed by atoms with Crippen molar-refractivity contribution in [3.8, 4) is 11.5 Å². The average Bonchev–Trinajstić information content (AvgIpc) is 2.88. The zero-order valence-electron chi connectivity index (χ0n) is 10.8. The van der Waals surface area contributed by atoms with E-state index in [1.807, 2.05) is 0 Å². The van der Waals surface area contributed by atoms with Crippen molar-refractivity contribution in [2.45, 2.75) is 6.61 Å². The minimum atomic E-state index is -1.06. The Morgan fingerprint density at radius 1 is 1.24 bits per heavy atom. The van der Waals surface area contributed by atoms with Crippen molar-refractivity contribution in [1.82, 2.24) is 14.6 Å². The van der Waals surface area contributed by atoms with E-state index >= 15 is 0 Å². The standard InChI is InChI=1S/C14H11N3O4/c18-9-3-1-4-10(7-9)21-8-12-15-16-13-11(14(19)20)5-2-6-17(12)13/h1-7,18H,8H2,(H,19,20). The van der Waals surface area contributed by atoms with E-state index in [1.54, 1.807) is 34.9 Å². The first-order chi connectivity index (χ1) is 10.1. The van der Waals surface area contributed by atoms with Gasteiger partial charge in [0.1, 0.15) is 23.7 Å². The Kier molecular flexibility index (Phi) is 3.15. The van der Waals surface area contributed by atoms with Crippen LogP contribution in [0.1, 0.15) is 16.2 Å². The van der Waals surface area contributed by atoms with Crippen LogP contribution < -0.4 is 4.74 Å². The quantitative estimate of drug-likeness (QED) is 0.757. The number of phenols is 1. The summed E-state index contributed by atoms with van der Waals surface area (Å²) in [4.78, 5) is 11.1. The number of phenolic OH excluding ortho intramolecular Hbond substituents is 1. The highest BCUT2D eigenvalue weighted by atomic mass is 16.5. The summed E-state index contributed by atoms with van der Waals surface area (Å²) >= 11 is 0. The van der Waals surface area contributed by atoms with Gasteiger partial charge in [-0.2, -0.15) is 0 Å². The Balaban J connectivity index is 1.88. The third-order valence-electron chi connectivity index (χ3n) is 2.92. The van der Waals surface area contributed by atoms with Gasteiger partial charge in [0.25, 0.3) is 0 Å². The number of aromatic carboxylic acids is 1. The maximum absolute atomic E-state index is 11.1. The lowest BCUT2D eigenvalue weighted by Gasteiger charge is -2.05. The summed E-state index contributed by atoms with van der Waals surface area (Å²) in [7, 11) is 0. The zero-order valence-corrected chi connectivity index (χ0v) is 10.8. The Morgan fingerprint density at radius 3 is 2.86 bits per heavy atom. The average molecular weight is 285 g/mol. The summed E-state index contributed by atoms with van der Waals surface area (Å²) < 4.78 is 7.07. The highest BCUT2D eigenvalue weighted by Gasteiger charge is 2.14. The SMILES string of the molecule is O=C(O)c1cccn2c(COc3cccc(O)c3)nnc12. The van der Waals surface area contributed by atoms with E-state index in [-0.39, 0.29) is 23.6 Å². The predicted molar refractivity (Wildman–Crippen MR) is 72.4 cm³/mol. The van der Waals surface area contributed by atoms with E-state index in [0.29, 0.717) is 11.6 Å². The van der Waals surface area contributed by atoms with Gasteiger partial charge in [-0.15, -0.1) is 10.2 Å². The molecule has 3 rings (SSSR count). The number of aromatic hydroxyl groups is 1. The normalized spacial score (nSPS) is 10.7. The summed E-state index contributed by atoms with van der Waals surface area (Å²) in [5, 5.41) is 26.3. The molecule has 7 heteroatoms. The molecule has 0 radical (unpaired) electrons. The molecular weight excluding hydrogens is 274 g/mol. The molecule has 0 spiro atoms. The van der Waals surface area contributed by atoms with Crippen molar-refractivity contribution in [3.63, 3.8) is 0 Å². The van der Waals surface area contributed by atoms with Crippen LogP contribution in [0.3, 0.4) is 0 Å². The molecule has 0 atom stereocenters. The molecule has 106 valence electrons. The van der Waals surface area contributed by atoms with Gasteiger partial charge < -0.3 is 14.9 Å². The summed E-state index contributed by atoms with van der Waals surface area (Å²) in [5.74, 6) is -0.00204. The van der Waals surface area contributed by atoms with Crippen LogP contribution in [0.4, 0.5) is 0 Å². The number of carboxylic acids is 1. The van der Waals surface area contributed by atoms with Gasteiger partial charge in [0.15, 0.2) is 11.5 Å². The molecule has 0 fully saturated rings. The number of ether oxygens (including phenoxy) is 1. The molecule has 0 saturated carbocycles. The smallest absolute Gasteiger partial charge is 0.339 e. The van der Waals surface area contributed by atoms with Gasteiger partial charge >= 0.3 is 5.97 Å². The highest BCUT2D eigenvalue weighted by molar-refractivity contribution is 5.94. The number of pyridine rings is 1. The topological polar surface area (TPSA) is 97.0 Å². The molecule has 0 bridgehead atoms. The Bertz CT molecular complexity index is 813. The van der Waals surface area contributed by atoms with Crippen molar-refractivity contribution in [1.29, 1.82) is 0 Å². The Morgan fingerprint density at radius 2 is 2.10 bits per heavy atom. The molecular formula is C14H11N3O4. The van der Waals surface area contributed by atoms with Gasteiger partial charge in [-0.05, 0) is 24.3 Å². The molecule has 0 aliphatic rings. The molecule has 0 aliphatic carbocycles. The Hall–Kier alpha value is -3.09. The molecule has 2 aromatic heterocycles. The number of rotatable bonds is 4. The summed E-state index contributed by atoms with van der Waals surface area (Å²) in [6, 6.07) is 9.45. The van der Waals surface area contributed by atoms with Gasteiger partial charge in [-0.3, -0.25) is 4.40 Å². The number of hydrogen-bond acceptors (Lipinski definition) is 5. The lowest BCUT2D eigenvalue weighted by molar-refractivity contribution is 0.0698. The first-order valence-corrected chi connectivity index (χ1v) is 6.13. The molecule has 1 aromatic carbocycles. The third kappa shape index (κ3) is 2.48. The first-order valence-electron chi connectivity index (χ1n) is 6.13. The van der Waals surface area contributed by atoms with E-state index in [1.165, 1.54) is 12.1 Å². The van der Waals surface area contributed by atoms with E-state index in [0.717, 1.165) is 0 Å². The molecule has 21 heavy (non-hydrogen) atoms. The number of carboxylic acid groups (broad SMARTS) is 1. The maximum atomic E-state index is 11.1. The van der Waals surface area contributed by atoms with Gasteiger partial charge in [-0.1, -0.05) is 6.07 Å². The van der Waals surface area contributed by atoms with E-state index in [2.05, 4.69) is 10.2 Å². The summed E-state index contributed by atoms with van der Waals surface area (Å²) in [6.07, 6.45) is 1.67. The predicted octanol–water partition coefficient (Wildman–Crippen LogP) is 1.71. The molecule has 3 aromatic rings. The third-order valence-corrected chi connectivity index (χ3v) is 2.92. The number of fused-ring (bicyclic) bond motifs is 1. The number of carbonyl (C=O) groups is 1. The minimum absolute atomic E-state index is 0.0774. The van der Waals surface area contributed by atoms with Gasteiger partial charge in [0, 0.05) is 12.3 Å². The van der Waals surface area contributed by atoms with Crippen LogP contribution in [-0.4, -0.2) is 30.8 Å². The summed E-state index contributed by atoms with van der Waals surface area (Å²) in [5.41, 5.74) is 0.341. The van der Waals surface area contributed by atoms with E-state index in [4.69, 9.17) is 9.84 Å². The molecule has 0 aliphatic heterocycles. The highest BCUT2D eigenvalue weighted by Crippen LogP contribution is 2.19. The molecule has 2 N–H and O–H groups in total. The van der Waals surface area contributed by atoms with Crippen LogP contribution in [0.15, 0.2) is 42.6 Å². The van der Waals surface area contributed by atoms with Crippen molar-refractivity contribution in [2.75, 3.05) is 0 Å². The first kappa shape index (κ1) is 12.9. The monoisotopic (exact) mass is 285 g/mol. The van der Waals surface area contributed by atoms with Crippen LogP contribution >= 0.6 is 0 Å². The van der Waals surface area contributed by atoms with Crippen LogP contribution in [-0.2, 0) is 6.61 Å². The molecule has 2 heterocycles. The molecule has 0 saturated heterocycles. The number of hydrogen-bond donors (Lipinski definition) is 2. The fourth-order valence-corrected chi connectivity index (χ4v) is 1.95. The second-order valence-corrected chi connectivity index (χ2v) is 4.32. The maximum Gasteiger partial charge on any atom is 0.339 e. The van der Waals surface area contributed by atoms with Crippen molar-refractivity contribution < 1.29 is 19.7 Å². The minimum Gasteiger partial charge on any atom is -0.508 e. The van der Waals surface area contributed by atoms with Gasteiger partial charge in [0.2, 0.25) is 0 Å². The molecule has 0 unspecified atom stereocenters. The number of nitrogens with zero attached hydrogens (tertiary/aromatic N) is 3. The Labute approximate surface area is 119 Å². The van der Waals surface area contributed by atoms with Crippen LogP contribution in [0.5, 0.6) is 11.5 Å². The van der Waals surface area contributed by atoms with Crippen LogP contribution in [0, 0.1) is 0 Å². The lowest BCUT2D eigenvalue weighted by atomic mass is 10.3. The fraction of sp³-hybridized carbons (Fsp3) is 0.0714. The number of benzene rings is 1. The second-order valence-electron chi connectivity index (χ2n) is 4.32. The number of aromatic nitrogens is 3. The van der Waals surface area contributed by atoms with Gasteiger partial charge in [-0.25, -0.2) is 4.79 Å².